The maximum absolute atomic E-state index is 4.44. The number of nitrogens with one attached hydrogen (secondary N) is 1. The van der Waals surface area contributed by atoms with Crippen LogP contribution in [0.3, 0.4) is 0 Å². The van der Waals surface area contributed by atoms with Gasteiger partial charge < -0.3 is 9.88 Å². The summed E-state index contributed by atoms with van der Waals surface area (Å²) in [5.74, 6) is 1.06. The summed E-state index contributed by atoms with van der Waals surface area (Å²) >= 11 is 0. The molecular formula is C18H19N3. The fraction of sp³-hybridized carbons (Fsp3) is 0.167. The van der Waals surface area contributed by atoms with Crippen molar-refractivity contribution in [3.8, 4) is 0 Å². The third-order valence-corrected chi connectivity index (χ3v) is 3.45. The smallest absolute Gasteiger partial charge is 0.122 e. The molecule has 3 rings (SSSR count). The maximum atomic E-state index is 4.44. The Morgan fingerprint density at radius 1 is 0.810 bits per heavy atom. The van der Waals surface area contributed by atoms with E-state index in [0.29, 0.717) is 0 Å². The van der Waals surface area contributed by atoms with Gasteiger partial charge in [-0.15, -0.1) is 0 Å². The van der Waals surface area contributed by atoms with E-state index >= 15 is 0 Å². The molecule has 21 heavy (non-hydrogen) atoms. The summed E-state index contributed by atoms with van der Waals surface area (Å²) in [5, 5.41) is 3.45. The van der Waals surface area contributed by atoms with Crippen molar-refractivity contribution in [2.24, 2.45) is 0 Å². The number of rotatable bonds is 6. The first-order valence-electron chi connectivity index (χ1n) is 7.20. The summed E-state index contributed by atoms with van der Waals surface area (Å²) in [4.78, 5) is 4.44. The zero-order valence-corrected chi connectivity index (χ0v) is 11.9. The minimum Gasteiger partial charge on any atom is -0.329 e. The van der Waals surface area contributed by atoms with Gasteiger partial charge in [-0.05, 0) is 11.1 Å². The predicted molar refractivity (Wildman–Crippen MR) is 84.8 cm³/mol. The summed E-state index contributed by atoms with van der Waals surface area (Å²) < 4.78 is 2.19. The number of hydrogen-bond acceptors (Lipinski definition) is 2. The molecule has 1 heterocycles. The molecule has 0 saturated heterocycles. The molecule has 1 aromatic heterocycles. The summed E-state index contributed by atoms with van der Waals surface area (Å²) in [7, 11) is 0. The van der Waals surface area contributed by atoms with Gasteiger partial charge in [0.15, 0.2) is 0 Å². The summed E-state index contributed by atoms with van der Waals surface area (Å²) in [6, 6.07) is 20.9. The maximum Gasteiger partial charge on any atom is 0.122 e. The average Bonchev–Trinajstić information content (AvgIpc) is 2.97. The van der Waals surface area contributed by atoms with Crippen molar-refractivity contribution in [2.75, 3.05) is 0 Å². The van der Waals surface area contributed by atoms with Crippen molar-refractivity contribution in [3.05, 3.63) is 90.0 Å². The standard InChI is InChI=1S/C18H19N3/c1-3-7-16(8-4-1)13-19-14-18-20-11-12-21(18)15-17-9-5-2-6-10-17/h1-12,19H,13-15H2. The zero-order chi connectivity index (χ0) is 14.3. The first-order chi connectivity index (χ1) is 10.4. The van der Waals surface area contributed by atoms with Gasteiger partial charge in [0.05, 0.1) is 6.54 Å². The third-order valence-electron chi connectivity index (χ3n) is 3.45. The van der Waals surface area contributed by atoms with Gasteiger partial charge in [0, 0.05) is 25.5 Å². The molecule has 0 amide bonds. The molecule has 3 nitrogen and oxygen atoms in total. The highest BCUT2D eigenvalue weighted by Crippen LogP contribution is 2.06. The fourth-order valence-corrected chi connectivity index (χ4v) is 2.35. The largest absolute Gasteiger partial charge is 0.329 e. The van der Waals surface area contributed by atoms with Crippen LogP contribution < -0.4 is 5.32 Å². The molecule has 106 valence electrons. The summed E-state index contributed by atoms with van der Waals surface area (Å²) in [6.45, 7) is 2.50. The van der Waals surface area contributed by atoms with Crippen LogP contribution in [0, 0.1) is 0 Å². The Labute approximate surface area is 125 Å². The zero-order valence-electron chi connectivity index (χ0n) is 11.9. The van der Waals surface area contributed by atoms with Gasteiger partial charge in [0.2, 0.25) is 0 Å². The first-order valence-corrected chi connectivity index (χ1v) is 7.20. The normalized spacial score (nSPS) is 10.7. The minimum absolute atomic E-state index is 0.773. The van der Waals surface area contributed by atoms with Gasteiger partial charge in [-0.3, -0.25) is 0 Å². The van der Waals surface area contributed by atoms with Crippen LogP contribution in [-0.4, -0.2) is 9.55 Å². The second-order valence-electron chi connectivity index (χ2n) is 5.05. The first kappa shape index (κ1) is 13.6. The molecule has 0 aliphatic heterocycles. The van der Waals surface area contributed by atoms with Crippen molar-refractivity contribution >= 4 is 0 Å². The van der Waals surface area contributed by atoms with E-state index in [1.54, 1.807) is 0 Å². The van der Waals surface area contributed by atoms with Gasteiger partial charge in [-0.2, -0.15) is 0 Å². The van der Waals surface area contributed by atoms with E-state index in [-0.39, 0.29) is 0 Å². The van der Waals surface area contributed by atoms with Gasteiger partial charge in [-0.25, -0.2) is 4.98 Å². The monoisotopic (exact) mass is 277 g/mol. The quantitative estimate of drug-likeness (QED) is 0.749. The lowest BCUT2D eigenvalue weighted by molar-refractivity contribution is 0.621. The molecule has 0 aliphatic carbocycles. The van der Waals surface area contributed by atoms with E-state index in [0.717, 1.165) is 25.5 Å². The van der Waals surface area contributed by atoms with Crippen molar-refractivity contribution in [1.82, 2.24) is 14.9 Å². The van der Waals surface area contributed by atoms with Crippen molar-refractivity contribution in [2.45, 2.75) is 19.6 Å². The van der Waals surface area contributed by atoms with Gasteiger partial charge in [0.1, 0.15) is 5.82 Å². The number of benzene rings is 2. The van der Waals surface area contributed by atoms with E-state index in [4.69, 9.17) is 0 Å². The van der Waals surface area contributed by atoms with Crippen LogP contribution in [0.1, 0.15) is 17.0 Å². The van der Waals surface area contributed by atoms with E-state index < -0.39 is 0 Å². The summed E-state index contributed by atoms with van der Waals surface area (Å²) in [6.07, 6.45) is 3.90. The van der Waals surface area contributed by atoms with Crippen LogP contribution in [-0.2, 0) is 19.6 Å². The number of aromatic nitrogens is 2. The number of nitrogens with zero attached hydrogens (tertiary/aromatic N) is 2. The van der Waals surface area contributed by atoms with Crippen LogP contribution in [0.4, 0.5) is 0 Å². The van der Waals surface area contributed by atoms with Crippen LogP contribution in [0.5, 0.6) is 0 Å². The van der Waals surface area contributed by atoms with Gasteiger partial charge >= 0.3 is 0 Å². The Hall–Kier alpha value is -2.39. The van der Waals surface area contributed by atoms with Crippen LogP contribution >= 0.6 is 0 Å². The lowest BCUT2D eigenvalue weighted by Gasteiger charge is -2.09. The molecule has 3 heteroatoms. The predicted octanol–water partition coefficient (Wildman–Crippen LogP) is 3.22. The number of hydrogen-bond donors (Lipinski definition) is 1. The molecule has 0 radical (unpaired) electrons. The molecule has 3 aromatic rings. The molecule has 0 unspecified atom stereocenters. The second kappa shape index (κ2) is 6.86. The molecule has 0 aliphatic rings. The van der Waals surface area contributed by atoms with E-state index in [1.165, 1.54) is 11.1 Å². The molecular weight excluding hydrogens is 258 g/mol. The minimum atomic E-state index is 0.773. The topological polar surface area (TPSA) is 29.9 Å². The molecule has 0 spiro atoms. The van der Waals surface area contributed by atoms with Crippen LogP contribution in [0.15, 0.2) is 73.1 Å². The summed E-state index contributed by atoms with van der Waals surface area (Å²) in [5.41, 5.74) is 2.58. The molecule has 2 aromatic carbocycles. The van der Waals surface area contributed by atoms with Crippen molar-refractivity contribution in [1.29, 1.82) is 0 Å². The van der Waals surface area contributed by atoms with E-state index in [2.05, 4.69) is 63.4 Å². The Bertz CT molecular complexity index is 659. The van der Waals surface area contributed by atoms with E-state index in [1.807, 2.05) is 24.5 Å². The van der Waals surface area contributed by atoms with E-state index in [9.17, 15) is 0 Å². The highest BCUT2D eigenvalue weighted by molar-refractivity contribution is 5.16. The van der Waals surface area contributed by atoms with Crippen molar-refractivity contribution in [3.63, 3.8) is 0 Å². The molecule has 1 N–H and O–H groups in total. The Morgan fingerprint density at radius 3 is 2.19 bits per heavy atom. The Balaban J connectivity index is 1.58. The Kier molecular flexibility index (Phi) is 4.44. The SMILES string of the molecule is c1ccc(CNCc2nccn2Cc2ccccc2)cc1. The fourth-order valence-electron chi connectivity index (χ4n) is 2.35. The lowest BCUT2D eigenvalue weighted by atomic mass is 10.2. The Morgan fingerprint density at radius 2 is 1.48 bits per heavy atom. The highest BCUT2D eigenvalue weighted by atomic mass is 15.1. The molecule has 0 saturated carbocycles. The molecule has 0 bridgehead atoms. The lowest BCUT2D eigenvalue weighted by Crippen LogP contribution is -2.17. The highest BCUT2D eigenvalue weighted by Gasteiger charge is 2.03. The van der Waals surface area contributed by atoms with Gasteiger partial charge in [-0.1, -0.05) is 60.7 Å². The molecule has 0 atom stereocenters. The van der Waals surface area contributed by atoms with Crippen LogP contribution in [0.25, 0.3) is 0 Å². The van der Waals surface area contributed by atoms with Gasteiger partial charge in [0.25, 0.3) is 0 Å². The number of imidazole rings is 1. The third kappa shape index (κ3) is 3.80. The van der Waals surface area contributed by atoms with Crippen LogP contribution in [0.2, 0.25) is 0 Å². The van der Waals surface area contributed by atoms with Crippen molar-refractivity contribution < 1.29 is 0 Å². The molecule has 0 fully saturated rings. The second-order valence-corrected chi connectivity index (χ2v) is 5.05. The average molecular weight is 277 g/mol.